The van der Waals surface area contributed by atoms with E-state index in [1.807, 2.05) is 6.92 Å². The highest BCUT2D eigenvalue weighted by molar-refractivity contribution is 5.91. The van der Waals surface area contributed by atoms with Crippen molar-refractivity contribution in [2.75, 3.05) is 17.6 Å². The number of anilines is 2. The van der Waals surface area contributed by atoms with Crippen LogP contribution in [0.3, 0.4) is 0 Å². The maximum absolute atomic E-state index is 14.5. The second kappa shape index (κ2) is 7.58. The van der Waals surface area contributed by atoms with Crippen LogP contribution in [0.15, 0.2) is 48.9 Å². The van der Waals surface area contributed by atoms with Crippen molar-refractivity contribution in [1.29, 1.82) is 0 Å². The molecule has 5 rings (SSSR count). The molecule has 0 bridgehead atoms. The normalized spacial score (nSPS) is 12.5. The third-order valence-electron chi connectivity index (χ3n) is 5.53. The molecule has 0 saturated carbocycles. The fourth-order valence-electron chi connectivity index (χ4n) is 4.14. The van der Waals surface area contributed by atoms with E-state index in [0.29, 0.717) is 58.1 Å². The van der Waals surface area contributed by atoms with Crippen LogP contribution in [-0.2, 0) is 12.6 Å². The van der Waals surface area contributed by atoms with Gasteiger partial charge in [-0.05, 0) is 48.4 Å². The molecule has 1 aliphatic rings. The predicted molar refractivity (Wildman–Crippen MR) is 116 cm³/mol. The molecule has 0 saturated heterocycles. The number of hydrogen-bond acceptors (Lipinski definition) is 5. The second-order valence-electron chi connectivity index (χ2n) is 7.64. The summed E-state index contributed by atoms with van der Waals surface area (Å²) in [6, 6.07) is 6.99. The van der Waals surface area contributed by atoms with Crippen molar-refractivity contribution >= 4 is 11.5 Å². The summed E-state index contributed by atoms with van der Waals surface area (Å²) in [6.07, 6.45) is 0.142. The number of fused-ring (bicyclic) bond motifs is 3. The first-order valence-corrected chi connectivity index (χ1v) is 10.2. The minimum absolute atomic E-state index is 0.301. The van der Waals surface area contributed by atoms with Gasteiger partial charge in [0.05, 0.1) is 11.4 Å². The van der Waals surface area contributed by atoms with Gasteiger partial charge in [-0.2, -0.15) is 18.3 Å². The molecule has 3 heterocycles. The molecular weight excluding hydrogens is 436 g/mol. The van der Waals surface area contributed by atoms with E-state index < -0.39 is 17.7 Å². The van der Waals surface area contributed by atoms with Crippen LogP contribution in [0.25, 0.3) is 27.9 Å². The van der Waals surface area contributed by atoms with Crippen LogP contribution in [-0.4, -0.2) is 26.3 Å². The fourth-order valence-corrected chi connectivity index (χ4v) is 4.14. The summed E-state index contributed by atoms with van der Waals surface area (Å²) in [5.74, 6) is -0.157. The highest BCUT2D eigenvalue weighted by Gasteiger charge is 2.35. The first-order chi connectivity index (χ1) is 15.8. The number of nitrogens with zero attached hydrogens (tertiary/aromatic N) is 4. The summed E-state index contributed by atoms with van der Waals surface area (Å²) in [5, 5.41) is 6.95. The van der Waals surface area contributed by atoms with Gasteiger partial charge in [-0.25, -0.2) is 14.1 Å². The number of halogens is 4. The number of alkyl halides is 3. The first-order valence-electron chi connectivity index (χ1n) is 10.2. The highest BCUT2D eigenvalue weighted by Crippen LogP contribution is 2.46. The Morgan fingerprint density at radius 3 is 2.58 bits per heavy atom. The Hall–Kier alpha value is -3.95. The van der Waals surface area contributed by atoms with Crippen LogP contribution in [0.1, 0.15) is 23.9 Å². The van der Waals surface area contributed by atoms with Gasteiger partial charge in [0, 0.05) is 53.9 Å². The molecule has 0 spiro atoms. The topological polar surface area (TPSA) is 81.6 Å². The average molecular weight is 454 g/mol. The fraction of sp³-hybridized carbons (Fsp3) is 0.174. The number of benzene rings is 1. The summed E-state index contributed by atoms with van der Waals surface area (Å²) < 4.78 is 55.7. The average Bonchev–Trinajstić information content (AvgIpc) is 3.39. The van der Waals surface area contributed by atoms with E-state index in [2.05, 4.69) is 20.4 Å². The Bertz CT molecular complexity index is 1360. The molecule has 168 valence electrons. The molecular formula is C23H18F4N6. The monoisotopic (exact) mass is 454 g/mol. The molecule has 3 N–H and O–H groups in total. The molecule has 0 fully saturated rings. The Kier molecular flexibility index (Phi) is 4.80. The lowest BCUT2D eigenvalue weighted by Gasteiger charge is -2.16. The molecule has 1 aliphatic carbocycles. The van der Waals surface area contributed by atoms with Crippen LogP contribution in [0.2, 0.25) is 0 Å². The number of nitrogens with two attached hydrogens (primary N) is 1. The summed E-state index contributed by atoms with van der Waals surface area (Å²) in [7, 11) is 0. The van der Waals surface area contributed by atoms with Gasteiger partial charge in [-0.3, -0.25) is 4.98 Å². The Morgan fingerprint density at radius 2 is 1.91 bits per heavy atom. The molecule has 33 heavy (non-hydrogen) atoms. The van der Waals surface area contributed by atoms with E-state index in [0.717, 1.165) is 11.6 Å². The predicted octanol–water partition coefficient (Wildman–Crippen LogP) is 5.07. The van der Waals surface area contributed by atoms with Crippen LogP contribution in [0, 0.1) is 5.82 Å². The minimum atomic E-state index is -4.60. The zero-order valence-corrected chi connectivity index (χ0v) is 17.4. The molecule has 0 radical (unpaired) electrons. The van der Waals surface area contributed by atoms with E-state index in [1.54, 1.807) is 18.3 Å². The summed E-state index contributed by atoms with van der Waals surface area (Å²) in [5.41, 5.74) is 9.33. The van der Waals surface area contributed by atoms with Crippen LogP contribution in [0.4, 0.5) is 29.1 Å². The third-order valence-corrected chi connectivity index (χ3v) is 5.53. The summed E-state index contributed by atoms with van der Waals surface area (Å²) in [6.45, 7) is 2.49. The SMILES string of the molecule is CCNc1cc(F)cc2c1Cc1ncc(-c3ccc(N)nc3)c(-n3ccc(C(F)(F)F)n3)c1-2. The molecule has 0 unspecified atom stereocenters. The lowest BCUT2D eigenvalue weighted by Crippen LogP contribution is -2.09. The van der Waals surface area contributed by atoms with Crippen molar-refractivity contribution in [1.82, 2.24) is 19.7 Å². The van der Waals surface area contributed by atoms with Gasteiger partial charge in [0.1, 0.15) is 11.6 Å². The smallest absolute Gasteiger partial charge is 0.385 e. The molecule has 10 heteroatoms. The van der Waals surface area contributed by atoms with Crippen molar-refractivity contribution in [2.45, 2.75) is 19.5 Å². The van der Waals surface area contributed by atoms with E-state index >= 15 is 0 Å². The van der Waals surface area contributed by atoms with Crippen LogP contribution >= 0.6 is 0 Å². The number of hydrogen-bond donors (Lipinski definition) is 2. The van der Waals surface area contributed by atoms with Crippen molar-refractivity contribution in [3.63, 3.8) is 0 Å². The maximum atomic E-state index is 14.5. The van der Waals surface area contributed by atoms with E-state index in [9.17, 15) is 17.6 Å². The maximum Gasteiger partial charge on any atom is 0.435 e. The van der Waals surface area contributed by atoms with Crippen LogP contribution < -0.4 is 11.1 Å². The molecule has 0 amide bonds. The molecule has 6 nitrogen and oxygen atoms in total. The Morgan fingerprint density at radius 1 is 1.09 bits per heavy atom. The largest absolute Gasteiger partial charge is 0.435 e. The number of pyridine rings is 2. The number of nitrogen functional groups attached to an aromatic ring is 1. The lowest BCUT2D eigenvalue weighted by atomic mass is 9.99. The quantitative estimate of drug-likeness (QED) is 0.371. The van der Waals surface area contributed by atoms with Gasteiger partial charge >= 0.3 is 6.18 Å². The molecule has 0 atom stereocenters. The molecule has 4 aromatic rings. The second-order valence-corrected chi connectivity index (χ2v) is 7.64. The van der Waals surface area contributed by atoms with E-state index in [4.69, 9.17) is 5.73 Å². The lowest BCUT2D eigenvalue weighted by molar-refractivity contribution is -0.141. The van der Waals surface area contributed by atoms with Crippen LogP contribution in [0.5, 0.6) is 0 Å². The zero-order chi connectivity index (χ0) is 23.3. The van der Waals surface area contributed by atoms with Crippen molar-refractivity contribution in [3.8, 4) is 27.9 Å². The zero-order valence-electron chi connectivity index (χ0n) is 17.4. The third kappa shape index (κ3) is 3.57. The van der Waals surface area contributed by atoms with Gasteiger partial charge in [-0.1, -0.05) is 0 Å². The molecule has 0 aliphatic heterocycles. The van der Waals surface area contributed by atoms with E-state index in [1.165, 1.54) is 29.2 Å². The Balaban J connectivity index is 1.81. The van der Waals surface area contributed by atoms with Crippen molar-refractivity contribution in [3.05, 3.63) is 71.7 Å². The molecule has 3 aromatic heterocycles. The van der Waals surface area contributed by atoms with Gasteiger partial charge in [-0.15, -0.1) is 0 Å². The molecule has 1 aromatic carbocycles. The standard InChI is InChI=1S/C23H18F4N6/c1-2-29-17-8-13(24)7-15-14(17)9-18-21(15)22(33-6-5-19(32-33)23(25,26)27)16(11-30-18)12-3-4-20(28)31-10-12/h3-8,10-11,29H,2,9H2,1H3,(H2,28,31). The summed E-state index contributed by atoms with van der Waals surface area (Å²) >= 11 is 0. The van der Waals surface area contributed by atoms with Crippen molar-refractivity contribution < 1.29 is 17.6 Å². The van der Waals surface area contributed by atoms with Gasteiger partial charge in [0.2, 0.25) is 0 Å². The number of aromatic nitrogens is 4. The number of nitrogens with one attached hydrogen (secondary N) is 1. The van der Waals surface area contributed by atoms with Gasteiger partial charge < -0.3 is 11.1 Å². The van der Waals surface area contributed by atoms with Gasteiger partial charge in [0.25, 0.3) is 0 Å². The highest BCUT2D eigenvalue weighted by atomic mass is 19.4. The minimum Gasteiger partial charge on any atom is -0.385 e. The number of rotatable bonds is 4. The van der Waals surface area contributed by atoms with Crippen molar-refractivity contribution in [2.24, 2.45) is 0 Å². The van der Waals surface area contributed by atoms with E-state index in [-0.39, 0.29) is 0 Å². The van der Waals surface area contributed by atoms with Gasteiger partial charge in [0.15, 0.2) is 5.69 Å². The summed E-state index contributed by atoms with van der Waals surface area (Å²) in [4.78, 5) is 8.67. The first kappa shape index (κ1) is 20.9. The Labute approximate surface area is 186 Å².